The van der Waals surface area contributed by atoms with E-state index in [4.69, 9.17) is 4.74 Å². The van der Waals surface area contributed by atoms with E-state index in [2.05, 4.69) is 5.32 Å². The molecule has 0 saturated heterocycles. The second kappa shape index (κ2) is 10.7. The van der Waals surface area contributed by atoms with Crippen LogP contribution in [0.2, 0.25) is 0 Å². The predicted molar refractivity (Wildman–Crippen MR) is 135 cm³/mol. The van der Waals surface area contributed by atoms with Gasteiger partial charge in [-0.25, -0.2) is 17.2 Å². The van der Waals surface area contributed by atoms with Gasteiger partial charge in [0, 0.05) is 17.3 Å². The summed E-state index contributed by atoms with van der Waals surface area (Å²) in [5.41, 5.74) is 2.49. The summed E-state index contributed by atoms with van der Waals surface area (Å²) >= 11 is 0. The van der Waals surface area contributed by atoms with Gasteiger partial charge in [0.05, 0.1) is 17.1 Å². The van der Waals surface area contributed by atoms with Gasteiger partial charge in [0.25, 0.3) is 0 Å². The van der Waals surface area contributed by atoms with Crippen molar-refractivity contribution in [1.29, 1.82) is 0 Å². The molecule has 1 amide bonds. The van der Waals surface area contributed by atoms with E-state index in [1.165, 1.54) is 48.5 Å². The Morgan fingerprint density at radius 3 is 2.06 bits per heavy atom. The molecule has 4 aromatic carbocycles. The molecule has 36 heavy (non-hydrogen) atoms. The maximum Gasteiger partial charge on any atom is 0.228 e. The molecule has 0 aromatic heterocycles. The van der Waals surface area contributed by atoms with Gasteiger partial charge in [0.1, 0.15) is 23.1 Å². The zero-order chi connectivity index (χ0) is 25.7. The van der Waals surface area contributed by atoms with Gasteiger partial charge in [-0.3, -0.25) is 4.79 Å². The first kappa shape index (κ1) is 25.1. The molecular weight excluding hydrogens is 484 g/mol. The van der Waals surface area contributed by atoms with Crippen molar-refractivity contribution in [3.8, 4) is 22.6 Å². The molecule has 0 unspecified atom stereocenters. The average Bonchev–Trinajstić information content (AvgIpc) is 2.86. The quantitative estimate of drug-likeness (QED) is 0.300. The van der Waals surface area contributed by atoms with Crippen LogP contribution in [-0.4, -0.2) is 20.1 Å². The number of nitrogens with one attached hydrogen (secondary N) is 1. The van der Waals surface area contributed by atoms with Crippen LogP contribution in [0.25, 0.3) is 11.1 Å². The normalized spacial score (nSPS) is 11.2. The van der Waals surface area contributed by atoms with E-state index >= 15 is 0 Å². The van der Waals surface area contributed by atoms with Crippen molar-refractivity contribution >= 4 is 21.4 Å². The number of carbonyl (C=O) groups excluding carboxylic acids is 1. The molecule has 0 heterocycles. The van der Waals surface area contributed by atoms with Crippen LogP contribution in [0.4, 0.5) is 14.5 Å². The molecule has 0 atom stereocenters. The maximum atomic E-state index is 13.4. The monoisotopic (exact) mass is 507 g/mol. The fourth-order valence-electron chi connectivity index (χ4n) is 3.55. The number of sulfone groups is 1. The SMILES string of the molecule is CCS(=O)(=O)c1ccc(CC(=O)Nc2ccc(-c3ccc(F)cc3)c(Oc3ccc(F)cc3)c2)cc1. The minimum absolute atomic E-state index is 0.00305. The number of ether oxygens (including phenoxy) is 1. The third kappa shape index (κ3) is 6.14. The first-order chi connectivity index (χ1) is 17.2. The van der Waals surface area contributed by atoms with Crippen molar-refractivity contribution in [3.63, 3.8) is 0 Å². The lowest BCUT2D eigenvalue weighted by atomic mass is 10.0. The van der Waals surface area contributed by atoms with Gasteiger partial charge >= 0.3 is 0 Å². The molecular formula is C28H23F2NO4S. The average molecular weight is 508 g/mol. The van der Waals surface area contributed by atoms with Gasteiger partial charge in [-0.15, -0.1) is 0 Å². The van der Waals surface area contributed by atoms with E-state index in [9.17, 15) is 22.0 Å². The van der Waals surface area contributed by atoms with Crippen molar-refractivity contribution in [2.75, 3.05) is 11.1 Å². The second-order valence-electron chi connectivity index (χ2n) is 8.05. The highest BCUT2D eigenvalue weighted by molar-refractivity contribution is 7.91. The molecule has 184 valence electrons. The van der Waals surface area contributed by atoms with Crippen LogP contribution in [0.3, 0.4) is 0 Å². The highest BCUT2D eigenvalue weighted by atomic mass is 32.2. The molecule has 4 aromatic rings. The lowest BCUT2D eigenvalue weighted by Crippen LogP contribution is -2.14. The number of halogens is 2. The smallest absolute Gasteiger partial charge is 0.228 e. The van der Waals surface area contributed by atoms with Crippen molar-refractivity contribution in [2.24, 2.45) is 0 Å². The summed E-state index contributed by atoms with van der Waals surface area (Å²) in [6.07, 6.45) is 0.0420. The number of amides is 1. The highest BCUT2D eigenvalue weighted by Gasteiger charge is 2.14. The number of rotatable bonds is 8. The lowest BCUT2D eigenvalue weighted by Gasteiger charge is -2.14. The van der Waals surface area contributed by atoms with Crippen LogP contribution in [-0.2, 0) is 21.1 Å². The van der Waals surface area contributed by atoms with E-state index < -0.39 is 15.7 Å². The van der Waals surface area contributed by atoms with E-state index in [1.807, 2.05) is 0 Å². The van der Waals surface area contributed by atoms with Gasteiger partial charge in [0.2, 0.25) is 5.91 Å². The van der Waals surface area contributed by atoms with E-state index in [0.29, 0.717) is 33.9 Å². The molecule has 0 saturated carbocycles. The Bertz CT molecular complexity index is 1470. The lowest BCUT2D eigenvalue weighted by molar-refractivity contribution is -0.115. The third-order valence-corrected chi connectivity index (χ3v) is 7.24. The fourth-order valence-corrected chi connectivity index (χ4v) is 4.44. The minimum atomic E-state index is -3.31. The number of benzene rings is 4. The van der Waals surface area contributed by atoms with Crippen LogP contribution in [0.1, 0.15) is 12.5 Å². The predicted octanol–water partition coefficient (Wildman–Crippen LogP) is 6.40. The summed E-state index contributed by atoms with van der Waals surface area (Å²) in [7, 11) is -3.31. The number of hydrogen-bond donors (Lipinski definition) is 1. The van der Waals surface area contributed by atoms with Crippen LogP contribution >= 0.6 is 0 Å². The molecule has 0 bridgehead atoms. The Hall–Kier alpha value is -4.04. The van der Waals surface area contributed by atoms with Crippen molar-refractivity contribution < 1.29 is 26.7 Å². The Balaban J connectivity index is 1.55. The summed E-state index contributed by atoms with van der Waals surface area (Å²) in [5.74, 6) is -0.288. The van der Waals surface area contributed by atoms with E-state index in [0.717, 1.165) is 0 Å². The largest absolute Gasteiger partial charge is 0.457 e. The van der Waals surface area contributed by atoms with Gasteiger partial charge < -0.3 is 10.1 Å². The van der Waals surface area contributed by atoms with Crippen molar-refractivity contribution in [3.05, 3.63) is 108 Å². The van der Waals surface area contributed by atoms with Crippen LogP contribution in [0, 0.1) is 11.6 Å². The summed E-state index contributed by atoms with van der Waals surface area (Å²) in [5, 5.41) is 2.81. The molecule has 0 aliphatic carbocycles. The van der Waals surface area contributed by atoms with Crippen LogP contribution in [0.15, 0.2) is 95.9 Å². The highest BCUT2D eigenvalue weighted by Crippen LogP contribution is 2.36. The summed E-state index contributed by atoms with van der Waals surface area (Å²) in [6, 6.07) is 22.7. The first-order valence-corrected chi connectivity index (χ1v) is 12.8. The van der Waals surface area contributed by atoms with Crippen LogP contribution in [0.5, 0.6) is 11.5 Å². The van der Waals surface area contributed by atoms with Gasteiger partial charge in [-0.1, -0.05) is 31.2 Å². The Labute approximate surface area is 208 Å². The Morgan fingerprint density at radius 1 is 0.833 bits per heavy atom. The van der Waals surface area contributed by atoms with Gasteiger partial charge in [-0.05, 0) is 71.8 Å². The van der Waals surface area contributed by atoms with Crippen molar-refractivity contribution in [2.45, 2.75) is 18.2 Å². The van der Waals surface area contributed by atoms with Crippen molar-refractivity contribution in [1.82, 2.24) is 0 Å². The molecule has 0 spiro atoms. The molecule has 5 nitrogen and oxygen atoms in total. The summed E-state index contributed by atoms with van der Waals surface area (Å²) < 4.78 is 56.7. The summed E-state index contributed by atoms with van der Waals surface area (Å²) in [6.45, 7) is 1.58. The second-order valence-corrected chi connectivity index (χ2v) is 10.3. The van der Waals surface area contributed by atoms with E-state index in [1.54, 1.807) is 49.4 Å². The summed E-state index contributed by atoms with van der Waals surface area (Å²) in [4.78, 5) is 12.9. The zero-order valence-electron chi connectivity index (χ0n) is 19.4. The molecule has 0 aliphatic heterocycles. The van der Waals surface area contributed by atoms with Crippen LogP contribution < -0.4 is 10.1 Å². The molecule has 0 radical (unpaired) electrons. The molecule has 1 N–H and O–H groups in total. The van der Waals surface area contributed by atoms with Gasteiger partial charge in [-0.2, -0.15) is 0 Å². The number of hydrogen-bond acceptors (Lipinski definition) is 4. The number of carbonyl (C=O) groups is 1. The molecule has 4 rings (SSSR count). The minimum Gasteiger partial charge on any atom is -0.457 e. The number of anilines is 1. The molecule has 0 aliphatic rings. The fraction of sp³-hybridized carbons (Fsp3) is 0.107. The third-order valence-electron chi connectivity index (χ3n) is 5.49. The van der Waals surface area contributed by atoms with E-state index in [-0.39, 0.29) is 28.8 Å². The Kier molecular flexibility index (Phi) is 7.45. The Morgan fingerprint density at radius 2 is 1.44 bits per heavy atom. The first-order valence-electron chi connectivity index (χ1n) is 11.2. The standard InChI is InChI=1S/C28H23F2NO4S/c1-2-36(33,34)25-14-3-19(4-15-25)17-28(32)31-23-11-16-26(20-5-7-21(29)8-6-20)27(18-23)35-24-12-9-22(30)10-13-24/h3-16,18H,2,17H2,1H3,(H,31,32). The molecule has 8 heteroatoms. The zero-order valence-corrected chi connectivity index (χ0v) is 20.2. The van der Waals surface area contributed by atoms with Gasteiger partial charge in [0.15, 0.2) is 9.84 Å². The maximum absolute atomic E-state index is 13.4. The molecule has 0 fully saturated rings. The topological polar surface area (TPSA) is 72.5 Å².